The number of carbonyl (C=O) groups excluding carboxylic acids is 3. The molecule has 3 amide bonds. The quantitative estimate of drug-likeness (QED) is 0.0490. The van der Waals surface area contributed by atoms with E-state index in [9.17, 15) is 24.3 Å². The smallest absolute Gasteiger partial charge is 0.277 e. The number of benzene rings is 2. The maximum Gasteiger partial charge on any atom is 0.277 e. The number of nitrogens with two attached hydrogens (primary N) is 1. The number of carbonyl (C=O) groups is 3. The van der Waals surface area contributed by atoms with Crippen LogP contribution >= 0.6 is 23.4 Å². The van der Waals surface area contributed by atoms with Crippen molar-refractivity contribution in [2.24, 2.45) is 5.92 Å². The van der Waals surface area contributed by atoms with E-state index < -0.39 is 23.7 Å². The van der Waals surface area contributed by atoms with Gasteiger partial charge in [0, 0.05) is 81.4 Å². The van der Waals surface area contributed by atoms with Crippen molar-refractivity contribution in [3.05, 3.63) is 64.2 Å². The van der Waals surface area contributed by atoms with Crippen LogP contribution in [0.5, 0.6) is 0 Å². The molecular weight excluding hydrogens is 938 g/mol. The second kappa shape index (κ2) is 27.4. The molecule has 6 N–H and O–H groups in total. The number of hydrogen-bond acceptors (Lipinski definition) is 16. The number of amides is 3. The van der Waals surface area contributed by atoms with Gasteiger partial charge in [-0.1, -0.05) is 55.4 Å². The van der Waals surface area contributed by atoms with Gasteiger partial charge in [0.1, 0.15) is 23.1 Å². The summed E-state index contributed by atoms with van der Waals surface area (Å²) in [4.78, 5) is 68.1. The first kappa shape index (κ1) is 54.1. The van der Waals surface area contributed by atoms with E-state index in [0.717, 1.165) is 53.4 Å². The third kappa shape index (κ3) is 15.4. The molecule has 2 saturated heterocycles. The first-order valence-corrected chi connectivity index (χ1v) is 25.7. The molecule has 0 bridgehead atoms. The van der Waals surface area contributed by atoms with Crippen LogP contribution in [-0.2, 0) is 28.6 Å². The number of ether oxygens (including phenoxy) is 3. The molecule has 0 aliphatic carbocycles. The van der Waals surface area contributed by atoms with Gasteiger partial charge in [-0.25, -0.2) is 14.6 Å². The van der Waals surface area contributed by atoms with Gasteiger partial charge in [0.2, 0.25) is 17.7 Å². The highest BCUT2D eigenvalue weighted by Gasteiger charge is 2.25. The average molecular weight is 1010 g/mol. The van der Waals surface area contributed by atoms with Crippen molar-refractivity contribution in [2.45, 2.75) is 101 Å². The van der Waals surface area contributed by atoms with Gasteiger partial charge in [0.25, 0.3) is 5.56 Å². The van der Waals surface area contributed by atoms with Crippen LogP contribution in [0.25, 0.3) is 10.8 Å². The zero-order valence-electron chi connectivity index (χ0n) is 40.9. The summed E-state index contributed by atoms with van der Waals surface area (Å²) in [6, 6.07) is 10.2. The summed E-state index contributed by atoms with van der Waals surface area (Å²) in [6.45, 7) is 14.1. The number of hydrogen-bond donors (Lipinski definition) is 5. The highest BCUT2D eigenvalue weighted by Crippen LogP contribution is 2.38. The van der Waals surface area contributed by atoms with E-state index in [0.29, 0.717) is 123 Å². The lowest BCUT2D eigenvalue weighted by Gasteiger charge is -2.35. The summed E-state index contributed by atoms with van der Waals surface area (Å²) in [6.07, 6.45) is 7.10. The van der Waals surface area contributed by atoms with Gasteiger partial charge in [0.15, 0.2) is 5.82 Å². The van der Waals surface area contributed by atoms with Crippen LogP contribution in [-0.4, -0.2) is 150 Å². The summed E-state index contributed by atoms with van der Waals surface area (Å²) in [5.74, 6) is 1.16. The van der Waals surface area contributed by atoms with Crippen LogP contribution in [0.3, 0.4) is 0 Å². The molecule has 2 aromatic carbocycles. The van der Waals surface area contributed by atoms with Crippen LogP contribution in [0.2, 0.25) is 5.02 Å². The lowest BCUT2D eigenvalue weighted by molar-refractivity contribution is -0.140. The number of rotatable bonds is 22. The number of nitrogens with zero attached hydrogens (tertiary/aromatic N) is 7. The Hall–Kier alpha value is -5.25. The summed E-state index contributed by atoms with van der Waals surface area (Å²) in [5.41, 5.74) is 7.37. The van der Waals surface area contributed by atoms with Crippen molar-refractivity contribution in [1.29, 1.82) is 0 Å². The number of nitrogen functional groups attached to an aromatic ring is 1. The van der Waals surface area contributed by atoms with E-state index in [-0.39, 0.29) is 30.9 Å². The van der Waals surface area contributed by atoms with Crippen molar-refractivity contribution < 1.29 is 33.7 Å². The predicted octanol–water partition coefficient (Wildman–Crippen LogP) is 5.41. The first-order chi connectivity index (χ1) is 33.8. The molecule has 0 spiro atoms. The minimum Gasteiger partial charge on any atom is -0.384 e. The van der Waals surface area contributed by atoms with E-state index in [1.807, 2.05) is 29.2 Å². The zero-order valence-corrected chi connectivity index (χ0v) is 42.4. The molecule has 2 fully saturated rings. The van der Waals surface area contributed by atoms with Gasteiger partial charge in [-0.05, 0) is 70.1 Å². The SMILES string of the molecule is CCC(C(=O)NC(C)O)n1ncc2cccc(NCCOCCOCCC(=O)N3CCN(C(=O)CCCNc4cccc(Sc5ncc(N6CCCO[C@@H](C)[C@@H](C)CCC6)nc5N)c4Cl)CC3)c2c1=O. The van der Waals surface area contributed by atoms with Gasteiger partial charge in [-0.2, -0.15) is 5.10 Å². The second-order valence-corrected chi connectivity index (χ2v) is 19.0. The molecule has 6 rings (SSSR count). The number of aliphatic hydroxyl groups excluding tert-OH is 1. The Morgan fingerprint density at radius 3 is 2.33 bits per heavy atom. The minimum absolute atomic E-state index is 0.0159. The third-order valence-corrected chi connectivity index (χ3v) is 14.1. The van der Waals surface area contributed by atoms with Gasteiger partial charge in [-0.3, -0.25) is 19.2 Å². The van der Waals surface area contributed by atoms with Crippen molar-refractivity contribution in [2.75, 3.05) is 107 Å². The maximum atomic E-state index is 13.5. The Labute approximate surface area is 419 Å². The molecule has 0 saturated carbocycles. The lowest BCUT2D eigenvalue weighted by Crippen LogP contribution is -2.50. The molecule has 21 heteroatoms. The molecule has 382 valence electrons. The molecule has 2 unspecified atom stereocenters. The van der Waals surface area contributed by atoms with Gasteiger partial charge >= 0.3 is 0 Å². The van der Waals surface area contributed by atoms with E-state index in [1.165, 1.54) is 18.7 Å². The van der Waals surface area contributed by atoms with Crippen LogP contribution in [0.15, 0.2) is 63.5 Å². The maximum absolute atomic E-state index is 13.5. The van der Waals surface area contributed by atoms with E-state index in [1.54, 1.807) is 36.4 Å². The van der Waals surface area contributed by atoms with Gasteiger partial charge in [0.05, 0.1) is 67.4 Å². The average Bonchev–Trinajstić information content (AvgIpc) is 3.35. The summed E-state index contributed by atoms with van der Waals surface area (Å²) >= 11 is 8.22. The summed E-state index contributed by atoms with van der Waals surface area (Å²) in [5, 5.41) is 25.0. The predicted molar refractivity (Wildman–Crippen MR) is 273 cm³/mol. The summed E-state index contributed by atoms with van der Waals surface area (Å²) < 4.78 is 18.5. The largest absolute Gasteiger partial charge is 0.384 e. The van der Waals surface area contributed by atoms with Crippen LogP contribution < -0.4 is 32.1 Å². The molecule has 4 aromatic rings. The fraction of sp³-hybridized carbons (Fsp3) is 0.571. The number of fused-ring (bicyclic) bond motifs is 1. The molecule has 0 radical (unpaired) electrons. The van der Waals surface area contributed by atoms with Gasteiger partial charge in [-0.15, -0.1) is 0 Å². The first-order valence-electron chi connectivity index (χ1n) is 24.5. The van der Waals surface area contributed by atoms with Crippen molar-refractivity contribution >= 4 is 74.9 Å². The van der Waals surface area contributed by atoms with Crippen molar-refractivity contribution in [3.8, 4) is 0 Å². The number of aliphatic hydroxyl groups is 1. The van der Waals surface area contributed by atoms with E-state index >= 15 is 0 Å². The molecule has 2 aliphatic rings. The molecule has 19 nitrogen and oxygen atoms in total. The van der Waals surface area contributed by atoms with E-state index in [2.05, 4.69) is 44.8 Å². The van der Waals surface area contributed by atoms with Crippen molar-refractivity contribution in [1.82, 2.24) is 34.9 Å². The van der Waals surface area contributed by atoms with Crippen LogP contribution in [0, 0.1) is 5.92 Å². The Balaban J connectivity index is 0.831. The Morgan fingerprint density at radius 2 is 1.60 bits per heavy atom. The molecule has 70 heavy (non-hydrogen) atoms. The molecule has 2 aromatic heterocycles. The molecule has 4 heterocycles. The van der Waals surface area contributed by atoms with E-state index in [4.69, 9.17) is 36.5 Å². The highest BCUT2D eigenvalue weighted by atomic mass is 35.5. The Morgan fingerprint density at radius 1 is 0.914 bits per heavy atom. The standard InChI is InChI=1S/C49H70ClN11O8S/c1-5-39(47(65)56-35(4)62)61-49(66)44-36(31-55-61)12-6-13-37(44)53-19-28-68-30-29-67-27-17-43(64)60-24-22-59(23-25-60)42(63)16-8-18-52-38-14-7-15-40(45(38)50)70-48-46(51)57-41(32-54-48)58-20-9-11-33(2)34(3)69-26-10-21-58/h6-7,12-15,31-35,39,52-53,62H,5,8-11,16-30H2,1-4H3,(H2,51,57)(H,56,65)/t33-,34-,35?,39?/m0/s1. The number of halogens is 1. The second-order valence-electron chi connectivity index (χ2n) is 17.6. The number of anilines is 4. The van der Waals surface area contributed by atoms with Crippen LogP contribution in [0.4, 0.5) is 23.0 Å². The topological polar surface area (TPSA) is 232 Å². The number of piperazine rings is 1. The number of nitrogens with one attached hydrogen (secondary N) is 3. The normalized spacial score (nSPS) is 17.8. The zero-order chi connectivity index (χ0) is 50.0. The number of aromatic nitrogens is 4. The lowest BCUT2D eigenvalue weighted by atomic mass is 9.99. The Bertz CT molecular complexity index is 2410. The summed E-state index contributed by atoms with van der Waals surface area (Å²) in [7, 11) is 0. The van der Waals surface area contributed by atoms with Crippen molar-refractivity contribution in [3.63, 3.8) is 0 Å². The van der Waals surface area contributed by atoms with Gasteiger partial charge < -0.3 is 55.7 Å². The molecule has 4 atom stereocenters. The molecular formula is C49H70ClN11O8S. The highest BCUT2D eigenvalue weighted by molar-refractivity contribution is 7.99. The molecule has 2 aliphatic heterocycles. The Kier molecular flexibility index (Phi) is 21.2. The van der Waals surface area contributed by atoms with Crippen LogP contribution in [0.1, 0.15) is 78.7 Å². The fourth-order valence-electron chi connectivity index (χ4n) is 8.38. The fourth-order valence-corrected chi connectivity index (χ4v) is 9.50. The monoisotopic (exact) mass is 1010 g/mol. The third-order valence-electron chi connectivity index (χ3n) is 12.5. The minimum atomic E-state index is -1.06.